The van der Waals surface area contributed by atoms with E-state index in [9.17, 15) is 9.59 Å². The van der Waals surface area contributed by atoms with E-state index in [2.05, 4.69) is 14.8 Å². The lowest BCUT2D eigenvalue weighted by molar-refractivity contribution is -0.140. The third-order valence-electron chi connectivity index (χ3n) is 2.14. The predicted octanol–water partition coefficient (Wildman–Crippen LogP) is -0.546. The van der Waals surface area contributed by atoms with Crippen molar-refractivity contribution in [2.24, 2.45) is 0 Å². The van der Waals surface area contributed by atoms with Crippen LogP contribution in [0.5, 0.6) is 0 Å². The second-order valence-corrected chi connectivity index (χ2v) is 3.14. The first kappa shape index (κ1) is 10.3. The van der Waals surface area contributed by atoms with E-state index in [-0.39, 0.29) is 24.6 Å². The minimum absolute atomic E-state index is 0.119. The number of esters is 1. The van der Waals surface area contributed by atoms with Gasteiger partial charge < -0.3 is 4.74 Å². The molecule has 84 valence electrons. The van der Waals surface area contributed by atoms with Crippen LogP contribution in [0.25, 0.3) is 5.65 Å². The number of nitrogens with zero attached hydrogens (tertiary/aromatic N) is 4. The summed E-state index contributed by atoms with van der Waals surface area (Å²) in [5, 5.41) is 4.02. The van der Waals surface area contributed by atoms with E-state index in [0.717, 1.165) is 0 Å². The Labute approximate surface area is 90.3 Å². The van der Waals surface area contributed by atoms with Crippen LogP contribution in [0.2, 0.25) is 0 Å². The number of fused-ring (bicyclic) bond motifs is 1. The van der Waals surface area contributed by atoms with Crippen LogP contribution in [0.4, 0.5) is 0 Å². The Morgan fingerprint density at radius 2 is 2.38 bits per heavy atom. The number of hydrogen-bond acceptors (Lipinski definition) is 5. The number of methoxy groups -OCH3 is 1. The molecule has 0 atom stereocenters. The molecule has 0 aliphatic rings. The van der Waals surface area contributed by atoms with Crippen LogP contribution in [-0.2, 0) is 16.1 Å². The summed E-state index contributed by atoms with van der Waals surface area (Å²) in [6.45, 7) is 0.202. The quantitative estimate of drug-likeness (QED) is 0.651. The van der Waals surface area contributed by atoms with Crippen molar-refractivity contribution in [3.8, 4) is 0 Å². The highest BCUT2D eigenvalue weighted by atomic mass is 16.5. The summed E-state index contributed by atoms with van der Waals surface area (Å²) in [6, 6.07) is 0. The Balaban J connectivity index is 2.28. The average molecular weight is 222 g/mol. The lowest BCUT2D eigenvalue weighted by atomic mass is 10.4. The monoisotopic (exact) mass is 222 g/mol. The van der Waals surface area contributed by atoms with Gasteiger partial charge in [-0.2, -0.15) is 0 Å². The fourth-order valence-electron chi connectivity index (χ4n) is 1.32. The summed E-state index contributed by atoms with van der Waals surface area (Å²) < 4.78 is 7.07. The maximum absolute atomic E-state index is 11.7. The minimum atomic E-state index is -0.373. The molecule has 0 radical (unpaired) electrons. The normalized spacial score (nSPS) is 10.6. The van der Waals surface area contributed by atoms with Gasteiger partial charge in [-0.3, -0.25) is 9.78 Å². The number of aromatic nitrogens is 4. The minimum Gasteiger partial charge on any atom is -0.469 e. The van der Waals surface area contributed by atoms with E-state index in [0.29, 0.717) is 5.65 Å². The molecule has 0 fully saturated rings. The second-order valence-electron chi connectivity index (χ2n) is 3.14. The number of ether oxygens (including phenoxy) is 1. The molecule has 0 spiro atoms. The zero-order valence-electron chi connectivity index (χ0n) is 8.66. The van der Waals surface area contributed by atoms with E-state index < -0.39 is 0 Å². The summed E-state index contributed by atoms with van der Waals surface area (Å²) in [7, 11) is 1.30. The Bertz CT molecular complexity index is 571. The smallest absolute Gasteiger partial charge is 0.350 e. The van der Waals surface area contributed by atoms with Crippen LogP contribution < -0.4 is 5.69 Å². The number of rotatable bonds is 3. The van der Waals surface area contributed by atoms with Crippen molar-refractivity contribution in [3.63, 3.8) is 0 Å². The van der Waals surface area contributed by atoms with Crippen molar-refractivity contribution < 1.29 is 9.53 Å². The van der Waals surface area contributed by atoms with Crippen LogP contribution in [0.3, 0.4) is 0 Å². The molecule has 2 aromatic rings. The molecule has 16 heavy (non-hydrogen) atoms. The first-order chi connectivity index (χ1) is 7.72. The Hall–Kier alpha value is -2.18. The molecule has 0 unspecified atom stereocenters. The van der Waals surface area contributed by atoms with Crippen LogP contribution in [0.1, 0.15) is 6.42 Å². The van der Waals surface area contributed by atoms with E-state index >= 15 is 0 Å². The summed E-state index contributed by atoms with van der Waals surface area (Å²) in [4.78, 5) is 26.5. The molecule has 0 saturated heterocycles. The van der Waals surface area contributed by atoms with Gasteiger partial charge in [-0.15, -0.1) is 5.10 Å². The van der Waals surface area contributed by atoms with Crippen molar-refractivity contribution in [1.82, 2.24) is 19.2 Å². The molecule has 0 bridgehead atoms. The van der Waals surface area contributed by atoms with Gasteiger partial charge in [0.1, 0.15) is 0 Å². The highest BCUT2D eigenvalue weighted by molar-refractivity contribution is 5.68. The molecule has 0 aliphatic heterocycles. The molecular formula is C9H10N4O3. The largest absolute Gasteiger partial charge is 0.469 e. The molecule has 2 heterocycles. The van der Waals surface area contributed by atoms with E-state index in [1.54, 1.807) is 0 Å². The SMILES string of the molecule is COC(=O)CCn1nc2cnccn2c1=O. The lowest BCUT2D eigenvalue weighted by Crippen LogP contribution is -2.22. The Kier molecular flexibility index (Phi) is 2.67. The highest BCUT2D eigenvalue weighted by Crippen LogP contribution is 1.94. The Morgan fingerprint density at radius 3 is 3.06 bits per heavy atom. The van der Waals surface area contributed by atoms with E-state index in [4.69, 9.17) is 0 Å². The van der Waals surface area contributed by atoms with Gasteiger partial charge in [0.2, 0.25) is 0 Å². The summed E-state index contributed by atoms with van der Waals surface area (Å²) >= 11 is 0. The van der Waals surface area contributed by atoms with Gasteiger partial charge in [0.25, 0.3) is 0 Å². The molecule has 7 nitrogen and oxygen atoms in total. The summed E-state index contributed by atoms with van der Waals surface area (Å²) in [5.41, 5.74) is 0.165. The molecule has 0 amide bonds. The van der Waals surface area contributed by atoms with Crippen LogP contribution >= 0.6 is 0 Å². The lowest BCUT2D eigenvalue weighted by Gasteiger charge is -1.97. The zero-order chi connectivity index (χ0) is 11.5. The topological polar surface area (TPSA) is 78.5 Å². The fraction of sp³-hybridized carbons (Fsp3) is 0.333. The molecule has 0 aliphatic carbocycles. The van der Waals surface area contributed by atoms with Crippen molar-refractivity contribution >= 4 is 11.6 Å². The van der Waals surface area contributed by atoms with Crippen molar-refractivity contribution in [3.05, 3.63) is 29.1 Å². The first-order valence-electron chi connectivity index (χ1n) is 4.68. The molecular weight excluding hydrogens is 212 g/mol. The van der Waals surface area contributed by atoms with Gasteiger partial charge >= 0.3 is 11.7 Å². The number of carbonyl (C=O) groups excluding carboxylic acids is 1. The first-order valence-corrected chi connectivity index (χ1v) is 4.68. The standard InChI is InChI=1S/C9H10N4O3/c1-16-8(14)2-4-13-9(15)12-5-3-10-6-7(12)11-13/h3,5-6H,2,4H2,1H3. The second kappa shape index (κ2) is 4.13. The maximum atomic E-state index is 11.7. The molecule has 0 N–H and O–H groups in total. The maximum Gasteiger partial charge on any atom is 0.350 e. The molecule has 2 rings (SSSR count). The molecule has 0 saturated carbocycles. The van der Waals surface area contributed by atoms with Crippen molar-refractivity contribution in [2.75, 3.05) is 7.11 Å². The average Bonchev–Trinajstić information content (AvgIpc) is 2.64. The van der Waals surface area contributed by atoms with E-state index in [1.165, 1.54) is 34.8 Å². The number of hydrogen-bond donors (Lipinski definition) is 0. The van der Waals surface area contributed by atoms with Gasteiger partial charge in [-0.25, -0.2) is 13.9 Å². The van der Waals surface area contributed by atoms with Gasteiger partial charge in [-0.05, 0) is 0 Å². The fourth-order valence-corrected chi connectivity index (χ4v) is 1.32. The molecule has 2 aromatic heterocycles. The van der Waals surface area contributed by atoms with Crippen LogP contribution in [0.15, 0.2) is 23.4 Å². The van der Waals surface area contributed by atoms with Crippen LogP contribution in [0, 0.1) is 0 Å². The number of aryl methyl sites for hydroxylation is 1. The van der Waals surface area contributed by atoms with Crippen LogP contribution in [-0.4, -0.2) is 32.2 Å². The third kappa shape index (κ3) is 1.79. The predicted molar refractivity (Wildman–Crippen MR) is 53.9 cm³/mol. The zero-order valence-corrected chi connectivity index (χ0v) is 8.66. The van der Waals surface area contributed by atoms with Gasteiger partial charge in [0.05, 0.1) is 26.3 Å². The molecule has 0 aromatic carbocycles. The summed E-state index contributed by atoms with van der Waals surface area (Å²) in [6.07, 6.45) is 4.63. The van der Waals surface area contributed by atoms with Gasteiger partial charge in [-0.1, -0.05) is 0 Å². The van der Waals surface area contributed by atoms with Gasteiger partial charge in [0, 0.05) is 12.4 Å². The van der Waals surface area contributed by atoms with Crippen molar-refractivity contribution in [2.45, 2.75) is 13.0 Å². The highest BCUT2D eigenvalue weighted by Gasteiger charge is 2.08. The van der Waals surface area contributed by atoms with Gasteiger partial charge in [0.15, 0.2) is 5.65 Å². The number of carbonyl (C=O) groups is 1. The van der Waals surface area contributed by atoms with E-state index in [1.807, 2.05) is 0 Å². The summed E-state index contributed by atoms with van der Waals surface area (Å²) in [5.74, 6) is -0.373. The Morgan fingerprint density at radius 1 is 1.56 bits per heavy atom. The molecule has 7 heteroatoms. The van der Waals surface area contributed by atoms with Crippen molar-refractivity contribution in [1.29, 1.82) is 0 Å². The third-order valence-corrected chi connectivity index (χ3v) is 2.14.